The van der Waals surface area contributed by atoms with Gasteiger partial charge in [-0.25, -0.2) is 0 Å². The Hall–Kier alpha value is -1.07. The molecule has 1 heterocycles. The summed E-state index contributed by atoms with van der Waals surface area (Å²) >= 11 is 3.50. The van der Waals surface area contributed by atoms with Gasteiger partial charge in [0, 0.05) is 35.4 Å². The van der Waals surface area contributed by atoms with Crippen molar-refractivity contribution in [3.05, 3.63) is 28.2 Å². The van der Waals surface area contributed by atoms with Gasteiger partial charge in [0.2, 0.25) is 5.91 Å². The van der Waals surface area contributed by atoms with E-state index in [0.29, 0.717) is 13.1 Å². The molecule has 92 valence electrons. The first kappa shape index (κ1) is 12.4. The van der Waals surface area contributed by atoms with Gasteiger partial charge in [0.25, 0.3) is 0 Å². The van der Waals surface area contributed by atoms with E-state index in [9.17, 15) is 4.79 Å². The molecule has 0 atom stereocenters. The largest absolute Gasteiger partial charge is 0.362 e. The fourth-order valence-electron chi connectivity index (χ4n) is 2.06. The number of hydrogen-bond acceptors (Lipinski definition) is 3. The van der Waals surface area contributed by atoms with Crippen molar-refractivity contribution in [2.75, 3.05) is 24.5 Å². The summed E-state index contributed by atoms with van der Waals surface area (Å²) in [6.07, 6.45) is 0.961. The number of nitrogens with one attached hydrogen (secondary N) is 1. The third-order valence-corrected chi connectivity index (χ3v) is 3.64. The number of hydrogen-bond donors (Lipinski definition) is 2. The Bertz CT molecular complexity index is 422. The molecule has 1 amide bonds. The highest BCUT2D eigenvalue weighted by Gasteiger charge is 2.17. The maximum Gasteiger partial charge on any atom is 0.239 e. The maximum atomic E-state index is 11.6. The molecule has 1 aromatic carbocycles. The highest BCUT2D eigenvalue weighted by Crippen LogP contribution is 2.27. The molecule has 0 saturated carbocycles. The smallest absolute Gasteiger partial charge is 0.239 e. The zero-order chi connectivity index (χ0) is 12.3. The van der Waals surface area contributed by atoms with Crippen LogP contribution in [0.25, 0.3) is 0 Å². The summed E-state index contributed by atoms with van der Waals surface area (Å²) in [5.41, 5.74) is 7.89. The van der Waals surface area contributed by atoms with Crippen LogP contribution in [0.3, 0.4) is 0 Å². The van der Waals surface area contributed by atoms with Crippen LogP contribution >= 0.6 is 15.9 Å². The molecule has 0 radical (unpaired) electrons. The van der Waals surface area contributed by atoms with Crippen LogP contribution in [0.15, 0.2) is 22.7 Å². The number of carbonyl (C=O) groups is 1. The van der Waals surface area contributed by atoms with Gasteiger partial charge in [-0.1, -0.05) is 22.0 Å². The van der Waals surface area contributed by atoms with E-state index < -0.39 is 0 Å². The fourth-order valence-corrected chi connectivity index (χ4v) is 2.57. The van der Waals surface area contributed by atoms with Crippen molar-refractivity contribution in [3.8, 4) is 0 Å². The van der Waals surface area contributed by atoms with Crippen molar-refractivity contribution in [2.24, 2.45) is 5.73 Å². The van der Waals surface area contributed by atoms with Crippen molar-refractivity contribution in [3.63, 3.8) is 0 Å². The summed E-state index contributed by atoms with van der Waals surface area (Å²) < 4.78 is 1.00. The molecule has 0 unspecified atom stereocenters. The summed E-state index contributed by atoms with van der Waals surface area (Å²) in [4.78, 5) is 13.6. The quantitative estimate of drug-likeness (QED) is 0.863. The summed E-state index contributed by atoms with van der Waals surface area (Å²) in [5.74, 6) is 0.0745. The third kappa shape index (κ3) is 2.79. The Morgan fingerprint density at radius 2 is 2.29 bits per heavy atom. The Morgan fingerprint density at radius 1 is 1.47 bits per heavy atom. The average molecular weight is 298 g/mol. The van der Waals surface area contributed by atoms with E-state index in [-0.39, 0.29) is 5.91 Å². The van der Waals surface area contributed by atoms with Crippen LogP contribution in [0.4, 0.5) is 5.69 Å². The van der Waals surface area contributed by atoms with Crippen LogP contribution < -0.4 is 16.0 Å². The van der Waals surface area contributed by atoms with Gasteiger partial charge in [0.1, 0.15) is 0 Å². The van der Waals surface area contributed by atoms with Crippen LogP contribution in [0, 0.1) is 0 Å². The lowest BCUT2D eigenvalue weighted by molar-refractivity contribution is -0.119. The van der Waals surface area contributed by atoms with Crippen LogP contribution in [0.2, 0.25) is 0 Å². The normalized spacial score (nSPS) is 16.6. The van der Waals surface area contributed by atoms with Gasteiger partial charge in [-0.2, -0.15) is 0 Å². The summed E-state index contributed by atoms with van der Waals surface area (Å²) in [6, 6.07) is 5.97. The highest BCUT2D eigenvalue weighted by molar-refractivity contribution is 9.10. The molecule has 0 aliphatic carbocycles. The lowest BCUT2D eigenvalue weighted by Gasteiger charge is -2.24. The van der Waals surface area contributed by atoms with Crippen LogP contribution in [-0.2, 0) is 11.3 Å². The molecule has 1 aliphatic rings. The summed E-state index contributed by atoms with van der Waals surface area (Å²) in [7, 11) is 0. The molecule has 0 bridgehead atoms. The minimum Gasteiger partial charge on any atom is -0.362 e. The minimum atomic E-state index is 0.0745. The van der Waals surface area contributed by atoms with Gasteiger partial charge in [-0.3, -0.25) is 4.79 Å². The van der Waals surface area contributed by atoms with Gasteiger partial charge >= 0.3 is 0 Å². The number of carbonyl (C=O) groups excluding carboxylic acids is 1. The van der Waals surface area contributed by atoms with E-state index in [1.807, 2.05) is 18.2 Å². The topological polar surface area (TPSA) is 58.4 Å². The molecule has 1 aliphatic heterocycles. The van der Waals surface area contributed by atoms with Crippen molar-refractivity contribution >= 4 is 27.5 Å². The molecule has 5 heteroatoms. The van der Waals surface area contributed by atoms with Crippen LogP contribution in [0.5, 0.6) is 0 Å². The van der Waals surface area contributed by atoms with Crippen molar-refractivity contribution < 1.29 is 4.79 Å². The Labute approximate surface area is 109 Å². The monoisotopic (exact) mass is 297 g/mol. The van der Waals surface area contributed by atoms with Gasteiger partial charge in [0.15, 0.2) is 0 Å². The molecule has 1 fully saturated rings. The minimum absolute atomic E-state index is 0.0745. The standard InChI is InChI=1S/C12H16BrN3O/c13-10-3-1-4-11(9(10)7-14)16-6-2-5-15-12(17)8-16/h1,3-4H,2,5-8,14H2,(H,15,17). The van der Waals surface area contributed by atoms with Crippen molar-refractivity contribution in [2.45, 2.75) is 13.0 Å². The highest BCUT2D eigenvalue weighted by atomic mass is 79.9. The number of rotatable bonds is 2. The molecule has 1 saturated heterocycles. The first-order valence-electron chi connectivity index (χ1n) is 5.71. The first-order chi connectivity index (χ1) is 8.22. The van der Waals surface area contributed by atoms with E-state index in [1.165, 1.54) is 0 Å². The molecule has 17 heavy (non-hydrogen) atoms. The lowest BCUT2D eigenvalue weighted by Crippen LogP contribution is -2.33. The molecule has 0 spiro atoms. The van der Waals surface area contributed by atoms with Gasteiger partial charge in [-0.15, -0.1) is 0 Å². The van der Waals surface area contributed by atoms with Crippen LogP contribution in [-0.4, -0.2) is 25.5 Å². The number of nitrogens with two attached hydrogens (primary N) is 1. The second kappa shape index (κ2) is 5.51. The zero-order valence-electron chi connectivity index (χ0n) is 9.58. The van der Waals surface area contributed by atoms with Gasteiger partial charge in [0.05, 0.1) is 6.54 Å². The number of amides is 1. The predicted molar refractivity (Wildman–Crippen MR) is 71.9 cm³/mol. The Kier molecular flexibility index (Phi) is 4.02. The number of anilines is 1. The predicted octanol–water partition coefficient (Wildman–Crippen LogP) is 1.23. The summed E-state index contributed by atoms with van der Waals surface area (Å²) in [5, 5.41) is 2.87. The molecular weight excluding hydrogens is 282 g/mol. The Balaban J connectivity index is 2.31. The second-order valence-corrected chi connectivity index (χ2v) is 4.92. The van der Waals surface area contributed by atoms with E-state index in [1.54, 1.807) is 0 Å². The molecule has 0 aromatic heterocycles. The van der Waals surface area contributed by atoms with E-state index in [4.69, 9.17) is 5.73 Å². The fraction of sp³-hybridized carbons (Fsp3) is 0.417. The average Bonchev–Trinajstić information content (AvgIpc) is 2.53. The molecule has 3 N–H and O–H groups in total. The second-order valence-electron chi connectivity index (χ2n) is 4.07. The summed E-state index contributed by atoms with van der Waals surface area (Å²) in [6.45, 7) is 2.50. The first-order valence-corrected chi connectivity index (χ1v) is 6.51. The zero-order valence-corrected chi connectivity index (χ0v) is 11.2. The lowest BCUT2D eigenvalue weighted by atomic mass is 10.1. The van der Waals surface area contributed by atoms with Gasteiger partial charge < -0.3 is 16.0 Å². The Morgan fingerprint density at radius 3 is 3.06 bits per heavy atom. The van der Waals surface area contributed by atoms with Crippen LogP contribution in [0.1, 0.15) is 12.0 Å². The van der Waals surface area contributed by atoms with E-state index in [2.05, 4.69) is 26.1 Å². The van der Waals surface area contributed by atoms with E-state index >= 15 is 0 Å². The number of halogens is 1. The molecule has 2 rings (SSSR count). The van der Waals surface area contributed by atoms with Crippen molar-refractivity contribution in [1.29, 1.82) is 0 Å². The van der Waals surface area contributed by atoms with E-state index in [0.717, 1.165) is 35.2 Å². The maximum absolute atomic E-state index is 11.6. The van der Waals surface area contributed by atoms with Crippen molar-refractivity contribution in [1.82, 2.24) is 5.32 Å². The molecular formula is C12H16BrN3O. The number of benzene rings is 1. The molecule has 4 nitrogen and oxygen atoms in total. The third-order valence-electron chi connectivity index (χ3n) is 2.90. The molecule has 1 aromatic rings. The SMILES string of the molecule is NCc1c(Br)cccc1N1CCCNC(=O)C1. The number of nitrogens with zero attached hydrogens (tertiary/aromatic N) is 1. The van der Waals surface area contributed by atoms with Gasteiger partial charge in [-0.05, 0) is 18.6 Å².